The fourth-order valence-electron chi connectivity index (χ4n) is 2.18. The smallest absolute Gasteiger partial charge is 0.280 e. The van der Waals surface area contributed by atoms with Crippen LogP contribution in [0.3, 0.4) is 0 Å². The molecule has 0 aliphatic rings. The van der Waals surface area contributed by atoms with E-state index in [2.05, 4.69) is 15.6 Å². The van der Waals surface area contributed by atoms with Gasteiger partial charge in [-0.25, -0.2) is 4.68 Å². The zero-order valence-electron chi connectivity index (χ0n) is 12.7. The number of hydrogen-bond donors (Lipinski definition) is 2. The average molecular weight is 397 g/mol. The Morgan fingerprint density at radius 3 is 2.60 bits per heavy atom. The summed E-state index contributed by atoms with van der Waals surface area (Å²) < 4.78 is 1.42. The first-order valence-electron chi connectivity index (χ1n) is 7.14. The molecule has 128 valence electrons. The Bertz CT molecular complexity index is 941. The number of carbonyl (C=O) groups is 1. The van der Waals surface area contributed by atoms with Gasteiger partial charge < -0.3 is 11.1 Å². The third-order valence-electron chi connectivity index (χ3n) is 3.39. The Hall–Kier alpha value is -2.28. The predicted octanol–water partition coefficient (Wildman–Crippen LogP) is 4.12. The second-order valence-electron chi connectivity index (χ2n) is 5.19. The summed E-state index contributed by atoms with van der Waals surface area (Å²) in [4.78, 5) is 12.4. The van der Waals surface area contributed by atoms with Gasteiger partial charge in [0.1, 0.15) is 0 Å². The number of amides is 1. The summed E-state index contributed by atoms with van der Waals surface area (Å²) >= 11 is 17.8. The van der Waals surface area contributed by atoms with Crippen molar-refractivity contribution < 1.29 is 4.79 Å². The van der Waals surface area contributed by atoms with Crippen molar-refractivity contribution in [2.24, 2.45) is 0 Å². The number of hydrogen-bond acceptors (Lipinski definition) is 4. The molecule has 0 aliphatic heterocycles. The number of carbonyl (C=O) groups excluding carboxylic acids is 1. The van der Waals surface area contributed by atoms with E-state index in [0.717, 1.165) is 5.56 Å². The topological polar surface area (TPSA) is 85.8 Å². The van der Waals surface area contributed by atoms with Gasteiger partial charge in [-0.1, -0.05) is 52.1 Å². The predicted molar refractivity (Wildman–Crippen MR) is 99.4 cm³/mol. The van der Waals surface area contributed by atoms with E-state index < -0.39 is 5.91 Å². The molecular formula is C16H12Cl3N5O. The van der Waals surface area contributed by atoms with Gasteiger partial charge in [0.15, 0.2) is 11.5 Å². The van der Waals surface area contributed by atoms with Crippen molar-refractivity contribution in [3.05, 3.63) is 68.8 Å². The van der Waals surface area contributed by atoms with E-state index >= 15 is 0 Å². The van der Waals surface area contributed by atoms with E-state index in [4.69, 9.17) is 40.5 Å². The molecule has 6 nitrogen and oxygen atoms in total. The highest BCUT2D eigenvalue weighted by Gasteiger charge is 2.18. The lowest BCUT2D eigenvalue weighted by atomic mass is 10.2. The van der Waals surface area contributed by atoms with E-state index in [1.54, 1.807) is 24.3 Å². The number of rotatable bonds is 4. The number of nitrogens with one attached hydrogen (secondary N) is 1. The van der Waals surface area contributed by atoms with Gasteiger partial charge in [-0.2, -0.15) is 0 Å². The quantitative estimate of drug-likeness (QED) is 0.694. The molecule has 1 aromatic heterocycles. The van der Waals surface area contributed by atoms with Gasteiger partial charge >= 0.3 is 0 Å². The molecule has 0 fully saturated rings. The monoisotopic (exact) mass is 395 g/mol. The second-order valence-corrected chi connectivity index (χ2v) is 6.47. The average Bonchev–Trinajstić information content (AvgIpc) is 2.91. The van der Waals surface area contributed by atoms with Crippen LogP contribution in [0.25, 0.3) is 0 Å². The number of nitrogen functional groups attached to an aromatic ring is 1. The van der Waals surface area contributed by atoms with Crippen LogP contribution in [0.2, 0.25) is 15.1 Å². The SMILES string of the molecule is Nc1c(C(=O)Nc2ccc(Cl)cc2Cl)nnn1Cc1cccc(Cl)c1. The zero-order chi connectivity index (χ0) is 18.0. The molecule has 3 aromatic rings. The van der Waals surface area contributed by atoms with Crippen LogP contribution in [-0.4, -0.2) is 20.9 Å². The molecule has 2 aromatic carbocycles. The summed E-state index contributed by atoms with van der Waals surface area (Å²) in [6.07, 6.45) is 0. The zero-order valence-corrected chi connectivity index (χ0v) is 15.0. The van der Waals surface area contributed by atoms with Crippen molar-refractivity contribution in [2.45, 2.75) is 6.54 Å². The molecule has 0 radical (unpaired) electrons. The van der Waals surface area contributed by atoms with E-state index in [1.165, 1.54) is 10.7 Å². The van der Waals surface area contributed by atoms with Gasteiger partial charge in [-0.05, 0) is 35.9 Å². The molecule has 0 aliphatic carbocycles. The summed E-state index contributed by atoms with van der Waals surface area (Å²) in [5.41, 5.74) is 7.29. The Morgan fingerprint density at radius 1 is 1.12 bits per heavy atom. The van der Waals surface area contributed by atoms with Gasteiger partial charge in [0, 0.05) is 10.0 Å². The number of halogens is 3. The fourth-order valence-corrected chi connectivity index (χ4v) is 2.85. The van der Waals surface area contributed by atoms with Gasteiger partial charge in [0.25, 0.3) is 5.91 Å². The van der Waals surface area contributed by atoms with Crippen molar-refractivity contribution in [3.8, 4) is 0 Å². The van der Waals surface area contributed by atoms with Crippen LogP contribution in [0.15, 0.2) is 42.5 Å². The molecule has 1 heterocycles. The van der Waals surface area contributed by atoms with Gasteiger partial charge in [0.05, 0.1) is 17.3 Å². The van der Waals surface area contributed by atoms with Crippen molar-refractivity contribution in [1.29, 1.82) is 0 Å². The highest BCUT2D eigenvalue weighted by molar-refractivity contribution is 6.36. The van der Waals surface area contributed by atoms with E-state index in [0.29, 0.717) is 27.3 Å². The summed E-state index contributed by atoms with van der Waals surface area (Å²) in [6, 6.07) is 12.0. The Labute approximate surface area is 158 Å². The minimum atomic E-state index is -0.515. The highest BCUT2D eigenvalue weighted by Crippen LogP contribution is 2.26. The van der Waals surface area contributed by atoms with Crippen molar-refractivity contribution in [1.82, 2.24) is 15.0 Å². The molecule has 25 heavy (non-hydrogen) atoms. The molecule has 1 amide bonds. The number of nitrogens with zero attached hydrogens (tertiary/aromatic N) is 3. The Balaban J connectivity index is 1.79. The molecule has 3 N–H and O–H groups in total. The Kier molecular flexibility index (Phi) is 5.13. The Morgan fingerprint density at radius 2 is 1.88 bits per heavy atom. The maximum absolute atomic E-state index is 12.4. The highest BCUT2D eigenvalue weighted by atomic mass is 35.5. The lowest BCUT2D eigenvalue weighted by molar-refractivity contribution is 0.102. The maximum atomic E-state index is 12.4. The fraction of sp³-hybridized carbons (Fsp3) is 0.0625. The molecule has 3 rings (SSSR count). The number of anilines is 2. The standard InChI is InChI=1S/C16H12Cl3N5O/c17-10-3-1-2-9(6-10)8-24-15(20)14(22-23-24)16(25)21-13-5-4-11(18)7-12(13)19/h1-7H,8,20H2,(H,21,25). The lowest BCUT2D eigenvalue weighted by Crippen LogP contribution is -2.15. The van der Waals surface area contributed by atoms with E-state index in [-0.39, 0.29) is 11.5 Å². The normalized spacial score (nSPS) is 10.7. The third-order valence-corrected chi connectivity index (χ3v) is 4.17. The van der Waals surface area contributed by atoms with E-state index in [1.807, 2.05) is 12.1 Å². The summed E-state index contributed by atoms with van der Waals surface area (Å²) in [5.74, 6) is -0.373. The number of benzene rings is 2. The van der Waals surface area contributed by atoms with Crippen LogP contribution in [0.5, 0.6) is 0 Å². The first kappa shape index (κ1) is 17.5. The lowest BCUT2D eigenvalue weighted by Gasteiger charge is -2.07. The largest absolute Gasteiger partial charge is 0.382 e. The van der Waals surface area contributed by atoms with Crippen LogP contribution in [0.4, 0.5) is 11.5 Å². The minimum Gasteiger partial charge on any atom is -0.382 e. The van der Waals surface area contributed by atoms with Crippen molar-refractivity contribution in [3.63, 3.8) is 0 Å². The molecule has 0 unspecified atom stereocenters. The van der Waals surface area contributed by atoms with E-state index in [9.17, 15) is 4.79 Å². The molecule has 9 heteroatoms. The molecule has 0 bridgehead atoms. The van der Waals surface area contributed by atoms with Crippen molar-refractivity contribution in [2.75, 3.05) is 11.1 Å². The van der Waals surface area contributed by atoms with Crippen LogP contribution in [-0.2, 0) is 6.54 Å². The first-order valence-corrected chi connectivity index (χ1v) is 8.27. The molecule has 0 saturated carbocycles. The number of nitrogens with two attached hydrogens (primary N) is 1. The third kappa shape index (κ3) is 4.04. The van der Waals surface area contributed by atoms with Gasteiger partial charge in [-0.3, -0.25) is 4.79 Å². The van der Waals surface area contributed by atoms with Crippen LogP contribution in [0, 0.1) is 0 Å². The van der Waals surface area contributed by atoms with Gasteiger partial charge in [0.2, 0.25) is 0 Å². The first-order chi connectivity index (χ1) is 11.9. The molecule has 0 atom stereocenters. The number of aromatic nitrogens is 3. The van der Waals surface area contributed by atoms with Crippen LogP contribution in [0.1, 0.15) is 16.1 Å². The van der Waals surface area contributed by atoms with Crippen LogP contribution < -0.4 is 11.1 Å². The molecule has 0 spiro atoms. The van der Waals surface area contributed by atoms with Crippen LogP contribution >= 0.6 is 34.8 Å². The summed E-state index contributed by atoms with van der Waals surface area (Å²) in [5, 5.41) is 11.8. The maximum Gasteiger partial charge on any atom is 0.280 e. The summed E-state index contributed by atoms with van der Waals surface area (Å²) in [6.45, 7) is 0.342. The second kappa shape index (κ2) is 7.31. The van der Waals surface area contributed by atoms with Gasteiger partial charge in [-0.15, -0.1) is 5.10 Å². The molecular weight excluding hydrogens is 385 g/mol. The summed E-state index contributed by atoms with van der Waals surface area (Å²) in [7, 11) is 0. The van der Waals surface area contributed by atoms with Crippen molar-refractivity contribution >= 4 is 52.2 Å². The molecule has 0 saturated heterocycles. The minimum absolute atomic E-state index is 0.00745.